The second-order valence-corrected chi connectivity index (χ2v) is 6.88. The van der Waals surface area contributed by atoms with Crippen molar-refractivity contribution < 1.29 is 8.78 Å². The highest BCUT2D eigenvalue weighted by Gasteiger charge is 2.27. The van der Waals surface area contributed by atoms with Crippen LogP contribution in [0.4, 0.5) is 8.78 Å². The molecule has 2 N–H and O–H groups in total. The Morgan fingerprint density at radius 1 is 1.17 bits per heavy atom. The summed E-state index contributed by atoms with van der Waals surface area (Å²) in [5.74, 6) is -0.279. The van der Waals surface area contributed by atoms with Gasteiger partial charge in [-0.2, -0.15) is 0 Å². The molecule has 0 spiro atoms. The summed E-state index contributed by atoms with van der Waals surface area (Å²) in [6.07, 6.45) is 3.80. The minimum absolute atomic E-state index is 0.0160. The van der Waals surface area contributed by atoms with Crippen molar-refractivity contribution in [3.63, 3.8) is 0 Å². The molecule has 134 valence electrons. The molecule has 0 aliphatic carbocycles. The Kier molecular flexibility index (Phi) is 6.54. The lowest BCUT2D eigenvalue weighted by Gasteiger charge is -2.41. The molecule has 0 unspecified atom stereocenters. The first-order valence-corrected chi connectivity index (χ1v) is 8.56. The fourth-order valence-electron chi connectivity index (χ4n) is 2.99. The normalized spacial score (nSPS) is 17.0. The average Bonchev–Trinajstić information content (AvgIpc) is 2.58. The highest BCUT2D eigenvalue weighted by molar-refractivity contribution is 5.79. The van der Waals surface area contributed by atoms with Crippen molar-refractivity contribution in [1.29, 1.82) is 0 Å². The minimum atomic E-state index is -0.442. The van der Waals surface area contributed by atoms with E-state index in [1.165, 1.54) is 25.3 Å². The molecule has 0 aromatic heterocycles. The van der Waals surface area contributed by atoms with E-state index in [0.717, 1.165) is 31.8 Å². The van der Waals surface area contributed by atoms with E-state index in [-0.39, 0.29) is 17.6 Å². The molecule has 1 aliphatic heterocycles. The van der Waals surface area contributed by atoms with Gasteiger partial charge in [-0.1, -0.05) is 6.42 Å². The SMILES string of the molecule is CN=C(NCc1cc(F)ccc1F)NCC(C)(C)N1CCCCC1. The van der Waals surface area contributed by atoms with E-state index < -0.39 is 11.6 Å². The van der Waals surface area contributed by atoms with E-state index in [4.69, 9.17) is 0 Å². The largest absolute Gasteiger partial charge is 0.355 e. The lowest BCUT2D eigenvalue weighted by atomic mass is 9.98. The molecule has 0 radical (unpaired) electrons. The summed E-state index contributed by atoms with van der Waals surface area (Å²) in [7, 11) is 1.67. The first-order chi connectivity index (χ1) is 11.4. The van der Waals surface area contributed by atoms with Crippen LogP contribution < -0.4 is 10.6 Å². The standard InChI is InChI=1S/C18H28F2N4/c1-18(2,24-9-5-4-6-10-24)13-23-17(21-3)22-12-14-11-15(19)7-8-16(14)20/h7-8,11H,4-6,9-10,12-13H2,1-3H3,(H2,21,22,23). The molecule has 0 atom stereocenters. The van der Waals surface area contributed by atoms with Crippen molar-refractivity contribution in [3.05, 3.63) is 35.4 Å². The minimum Gasteiger partial charge on any atom is -0.355 e. The van der Waals surface area contributed by atoms with Crippen molar-refractivity contribution >= 4 is 5.96 Å². The number of piperidine rings is 1. The summed E-state index contributed by atoms with van der Waals surface area (Å²) in [5, 5.41) is 6.34. The van der Waals surface area contributed by atoms with Crippen molar-refractivity contribution in [2.24, 2.45) is 4.99 Å². The number of likely N-dealkylation sites (tertiary alicyclic amines) is 1. The van der Waals surface area contributed by atoms with Crippen LogP contribution in [-0.2, 0) is 6.54 Å². The zero-order valence-corrected chi connectivity index (χ0v) is 14.8. The van der Waals surface area contributed by atoms with E-state index in [0.29, 0.717) is 5.96 Å². The monoisotopic (exact) mass is 338 g/mol. The molecular formula is C18H28F2N4. The van der Waals surface area contributed by atoms with E-state index in [1.807, 2.05) is 0 Å². The van der Waals surface area contributed by atoms with Crippen molar-refractivity contribution in [3.8, 4) is 0 Å². The van der Waals surface area contributed by atoms with Gasteiger partial charge in [0.05, 0.1) is 0 Å². The lowest BCUT2D eigenvalue weighted by molar-refractivity contribution is 0.0982. The molecule has 6 heteroatoms. The van der Waals surface area contributed by atoms with E-state index in [2.05, 4.69) is 34.4 Å². The van der Waals surface area contributed by atoms with Gasteiger partial charge in [0.25, 0.3) is 0 Å². The van der Waals surface area contributed by atoms with Crippen LogP contribution in [0.1, 0.15) is 38.7 Å². The molecule has 2 rings (SSSR count). The third kappa shape index (κ3) is 5.16. The maximum absolute atomic E-state index is 13.7. The topological polar surface area (TPSA) is 39.7 Å². The number of benzene rings is 1. The van der Waals surface area contributed by atoms with Crippen molar-refractivity contribution in [2.75, 3.05) is 26.7 Å². The number of hydrogen-bond donors (Lipinski definition) is 2. The van der Waals surface area contributed by atoms with Crippen LogP contribution in [0.5, 0.6) is 0 Å². The molecule has 0 saturated carbocycles. The lowest BCUT2D eigenvalue weighted by Crippen LogP contribution is -2.54. The fourth-order valence-corrected chi connectivity index (χ4v) is 2.99. The first-order valence-electron chi connectivity index (χ1n) is 8.56. The Morgan fingerprint density at radius 2 is 1.88 bits per heavy atom. The van der Waals surface area contributed by atoms with Crippen LogP contribution in [0.25, 0.3) is 0 Å². The van der Waals surface area contributed by atoms with Crippen LogP contribution in [0.15, 0.2) is 23.2 Å². The number of hydrogen-bond acceptors (Lipinski definition) is 2. The molecular weight excluding hydrogens is 310 g/mol. The molecule has 1 aromatic carbocycles. The van der Waals surface area contributed by atoms with Gasteiger partial charge < -0.3 is 10.6 Å². The summed E-state index contributed by atoms with van der Waals surface area (Å²) in [6.45, 7) is 7.59. The van der Waals surface area contributed by atoms with Gasteiger partial charge in [0.1, 0.15) is 11.6 Å². The van der Waals surface area contributed by atoms with Gasteiger partial charge in [0.2, 0.25) is 0 Å². The van der Waals surface area contributed by atoms with Gasteiger partial charge in [0, 0.05) is 31.2 Å². The quantitative estimate of drug-likeness (QED) is 0.641. The second kappa shape index (κ2) is 8.42. The van der Waals surface area contributed by atoms with Crippen LogP contribution in [-0.4, -0.2) is 43.1 Å². The number of guanidine groups is 1. The molecule has 1 fully saturated rings. The molecule has 1 aromatic rings. The van der Waals surface area contributed by atoms with Gasteiger partial charge in [-0.25, -0.2) is 8.78 Å². The number of aliphatic imine (C=N–C) groups is 1. The third-order valence-electron chi connectivity index (χ3n) is 4.58. The Morgan fingerprint density at radius 3 is 2.54 bits per heavy atom. The zero-order chi connectivity index (χ0) is 17.6. The Labute approximate surface area is 143 Å². The third-order valence-corrected chi connectivity index (χ3v) is 4.58. The van der Waals surface area contributed by atoms with E-state index in [1.54, 1.807) is 7.05 Å². The van der Waals surface area contributed by atoms with E-state index >= 15 is 0 Å². The second-order valence-electron chi connectivity index (χ2n) is 6.88. The smallest absolute Gasteiger partial charge is 0.191 e. The summed E-state index contributed by atoms with van der Waals surface area (Å²) in [4.78, 5) is 6.65. The van der Waals surface area contributed by atoms with Crippen LogP contribution in [0.2, 0.25) is 0 Å². The van der Waals surface area contributed by atoms with Gasteiger partial charge in [-0.05, 0) is 58.0 Å². The Bertz CT molecular complexity index is 566. The molecule has 0 amide bonds. The first kappa shape index (κ1) is 18.6. The van der Waals surface area contributed by atoms with Crippen molar-refractivity contribution in [2.45, 2.75) is 45.2 Å². The van der Waals surface area contributed by atoms with Gasteiger partial charge in [0.15, 0.2) is 5.96 Å². The average molecular weight is 338 g/mol. The molecule has 4 nitrogen and oxygen atoms in total. The zero-order valence-electron chi connectivity index (χ0n) is 14.8. The van der Waals surface area contributed by atoms with Crippen LogP contribution >= 0.6 is 0 Å². The summed E-state index contributed by atoms with van der Waals surface area (Å²) < 4.78 is 26.9. The maximum atomic E-state index is 13.7. The summed E-state index contributed by atoms with van der Waals surface area (Å²) in [6, 6.07) is 3.46. The molecule has 24 heavy (non-hydrogen) atoms. The highest BCUT2D eigenvalue weighted by Crippen LogP contribution is 2.19. The van der Waals surface area contributed by atoms with Crippen LogP contribution in [0.3, 0.4) is 0 Å². The number of nitrogens with zero attached hydrogens (tertiary/aromatic N) is 2. The molecule has 1 aliphatic rings. The molecule has 0 bridgehead atoms. The van der Waals surface area contributed by atoms with Gasteiger partial charge >= 0.3 is 0 Å². The number of nitrogens with one attached hydrogen (secondary N) is 2. The predicted molar refractivity (Wildman–Crippen MR) is 94.1 cm³/mol. The maximum Gasteiger partial charge on any atom is 0.191 e. The van der Waals surface area contributed by atoms with Crippen LogP contribution in [0, 0.1) is 11.6 Å². The Hall–Kier alpha value is -1.69. The predicted octanol–water partition coefficient (Wildman–Crippen LogP) is 2.89. The molecule has 1 saturated heterocycles. The molecule has 1 heterocycles. The fraction of sp³-hybridized carbons (Fsp3) is 0.611. The van der Waals surface area contributed by atoms with Gasteiger partial charge in [-0.3, -0.25) is 9.89 Å². The van der Waals surface area contributed by atoms with Gasteiger partial charge in [-0.15, -0.1) is 0 Å². The number of rotatable bonds is 5. The van der Waals surface area contributed by atoms with E-state index in [9.17, 15) is 8.78 Å². The summed E-state index contributed by atoms with van der Waals surface area (Å²) >= 11 is 0. The number of halogens is 2. The summed E-state index contributed by atoms with van der Waals surface area (Å²) in [5.41, 5.74) is 0.301. The highest BCUT2D eigenvalue weighted by atomic mass is 19.1. The van der Waals surface area contributed by atoms with Crippen molar-refractivity contribution in [1.82, 2.24) is 15.5 Å². The Balaban J connectivity index is 1.87.